The quantitative estimate of drug-likeness (QED) is 0.881. The third kappa shape index (κ3) is 2.95. The van der Waals surface area contributed by atoms with Gasteiger partial charge in [-0.25, -0.2) is 0 Å². The van der Waals surface area contributed by atoms with Crippen molar-refractivity contribution in [2.24, 2.45) is 0 Å². The molecule has 1 radical (unpaired) electrons. The van der Waals surface area contributed by atoms with Gasteiger partial charge in [-0.1, -0.05) is 28.9 Å². The molecule has 0 atom stereocenters. The highest BCUT2D eigenvalue weighted by Crippen LogP contribution is 2.36. The summed E-state index contributed by atoms with van der Waals surface area (Å²) in [6.45, 7) is 1.34. The lowest BCUT2D eigenvalue weighted by molar-refractivity contribution is -0.138. The van der Waals surface area contributed by atoms with Crippen molar-refractivity contribution in [3.8, 4) is 0 Å². The van der Waals surface area contributed by atoms with E-state index in [0.29, 0.717) is 11.5 Å². The smallest absolute Gasteiger partial charge is 0.395 e. The third-order valence-corrected chi connectivity index (χ3v) is 2.69. The molecule has 0 aliphatic carbocycles. The minimum absolute atomic E-state index is 0.00416. The Kier molecular flexibility index (Phi) is 3.78. The predicted octanol–water partition coefficient (Wildman–Crippen LogP) is 3.40. The Hall–Kier alpha value is -0.550. The Morgan fingerprint density at radius 2 is 2.00 bits per heavy atom. The summed E-state index contributed by atoms with van der Waals surface area (Å²) in [5.41, 5.74) is -0.333. The highest BCUT2D eigenvalue weighted by molar-refractivity contribution is 9.10. The number of halogens is 4. The summed E-state index contributed by atoms with van der Waals surface area (Å²) in [5, 5.41) is 8.82. The zero-order valence-corrected chi connectivity index (χ0v) is 9.48. The minimum atomic E-state index is -4.38. The summed E-state index contributed by atoms with van der Waals surface area (Å²) in [7, 11) is 0. The van der Waals surface area contributed by atoms with Crippen molar-refractivity contribution in [1.29, 1.82) is 0 Å². The molecule has 0 heterocycles. The van der Waals surface area contributed by atoms with Gasteiger partial charge in [0.15, 0.2) is 0 Å². The lowest BCUT2D eigenvalue weighted by Crippen LogP contribution is -2.08. The van der Waals surface area contributed by atoms with Gasteiger partial charge in [0.1, 0.15) is 0 Å². The van der Waals surface area contributed by atoms with Gasteiger partial charge in [-0.3, -0.25) is 0 Å². The molecule has 0 saturated carbocycles. The average molecular weight is 282 g/mol. The molecular formula is C10H9BrF3O. The second-order valence-electron chi connectivity index (χ2n) is 3.13. The third-order valence-electron chi connectivity index (χ3n) is 2.00. The van der Waals surface area contributed by atoms with Gasteiger partial charge in [0, 0.05) is 10.4 Å². The fourth-order valence-corrected chi connectivity index (χ4v) is 1.57. The van der Waals surface area contributed by atoms with Crippen molar-refractivity contribution < 1.29 is 18.3 Å². The Bertz CT molecular complexity index is 349. The molecule has 5 heteroatoms. The van der Waals surface area contributed by atoms with Crippen LogP contribution in [0.5, 0.6) is 0 Å². The van der Waals surface area contributed by atoms with E-state index in [1.165, 1.54) is 12.1 Å². The number of hydrogen-bond donors (Lipinski definition) is 1. The molecule has 0 unspecified atom stereocenters. The molecule has 1 nitrogen and oxygen atoms in total. The molecule has 0 aliphatic rings. The van der Waals surface area contributed by atoms with Crippen LogP contribution in [0.25, 0.3) is 0 Å². The van der Waals surface area contributed by atoms with Crippen LogP contribution in [-0.4, -0.2) is 11.7 Å². The molecule has 0 aliphatic heterocycles. The van der Waals surface area contributed by atoms with Crippen LogP contribution in [0.15, 0.2) is 22.7 Å². The Labute approximate surface area is 94.0 Å². The number of benzene rings is 1. The van der Waals surface area contributed by atoms with Crippen molar-refractivity contribution in [2.45, 2.75) is 13.1 Å². The normalized spacial score (nSPS) is 12.2. The SMILES string of the molecule is C[C](CO)c1ccc(Br)c(C(F)(F)F)c1. The average Bonchev–Trinajstić information content (AvgIpc) is 2.15. The lowest BCUT2D eigenvalue weighted by Gasteiger charge is -2.13. The van der Waals surface area contributed by atoms with E-state index >= 15 is 0 Å². The van der Waals surface area contributed by atoms with E-state index in [-0.39, 0.29) is 11.1 Å². The van der Waals surface area contributed by atoms with Gasteiger partial charge < -0.3 is 5.11 Å². The zero-order chi connectivity index (χ0) is 11.6. The van der Waals surface area contributed by atoms with E-state index in [1.807, 2.05) is 0 Å². The van der Waals surface area contributed by atoms with Gasteiger partial charge in [0.2, 0.25) is 0 Å². The van der Waals surface area contributed by atoms with Crippen LogP contribution in [-0.2, 0) is 6.18 Å². The molecule has 0 bridgehead atoms. The first-order valence-electron chi connectivity index (χ1n) is 4.16. The van der Waals surface area contributed by atoms with E-state index < -0.39 is 11.7 Å². The standard InChI is InChI=1S/C10H9BrF3O/c1-6(5-15)7-2-3-9(11)8(4-7)10(12,13)14/h2-4,15H,5H2,1H3. The van der Waals surface area contributed by atoms with Gasteiger partial charge in [0.25, 0.3) is 0 Å². The molecule has 1 aromatic carbocycles. The molecule has 1 N–H and O–H groups in total. The van der Waals surface area contributed by atoms with Gasteiger partial charge >= 0.3 is 6.18 Å². The van der Waals surface area contributed by atoms with E-state index in [4.69, 9.17) is 5.11 Å². The first kappa shape index (κ1) is 12.5. The van der Waals surface area contributed by atoms with Gasteiger partial charge in [-0.2, -0.15) is 13.2 Å². The predicted molar refractivity (Wildman–Crippen MR) is 54.2 cm³/mol. The number of hydrogen-bond acceptors (Lipinski definition) is 1. The van der Waals surface area contributed by atoms with Crippen molar-refractivity contribution in [3.05, 3.63) is 39.7 Å². The van der Waals surface area contributed by atoms with Crippen LogP contribution in [0.2, 0.25) is 0 Å². The van der Waals surface area contributed by atoms with Crippen LogP contribution in [0, 0.1) is 5.92 Å². The molecular weight excluding hydrogens is 273 g/mol. The number of aliphatic hydroxyl groups is 1. The molecule has 0 amide bonds. The van der Waals surface area contributed by atoms with Crippen LogP contribution >= 0.6 is 15.9 Å². The summed E-state index contributed by atoms with van der Waals surface area (Å²) in [6, 6.07) is 3.89. The topological polar surface area (TPSA) is 20.2 Å². The van der Waals surface area contributed by atoms with Crippen molar-refractivity contribution in [1.82, 2.24) is 0 Å². The second kappa shape index (κ2) is 4.53. The fourth-order valence-electron chi connectivity index (χ4n) is 1.10. The Morgan fingerprint density at radius 1 is 1.40 bits per heavy atom. The van der Waals surface area contributed by atoms with Gasteiger partial charge in [0.05, 0.1) is 12.2 Å². The van der Waals surface area contributed by atoms with Crippen LogP contribution in [0.4, 0.5) is 13.2 Å². The summed E-state index contributed by atoms with van der Waals surface area (Å²) in [6.07, 6.45) is -4.38. The largest absolute Gasteiger partial charge is 0.417 e. The number of rotatable bonds is 2. The van der Waals surface area contributed by atoms with Crippen LogP contribution in [0.3, 0.4) is 0 Å². The summed E-state index contributed by atoms with van der Waals surface area (Å²) in [4.78, 5) is 0. The maximum Gasteiger partial charge on any atom is 0.417 e. The Balaban J connectivity index is 3.17. The summed E-state index contributed by atoms with van der Waals surface area (Å²) >= 11 is 2.85. The van der Waals surface area contributed by atoms with Gasteiger partial charge in [-0.15, -0.1) is 0 Å². The second-order valence-corrected chi connectivity index (χ2v) is 3.99. The highest BCUT2D eigenvalue weighted by atomic mass is 79.9. The van der Waals surface area contributed by atoms with Crippen LogP contribution in [0.1, 0.15) is 18.1 Å². The number of aliphatic hydroxyl groups excluding tert-OH is 1. The monoisotopic (exact) mass is 281 g/mol. The molecule has 83 valence electrons. The molecule has 1 rings (SSSR count). The first-order valence-corrected chi connectivity index (χ1v) is 4.96. The summed E-state index contributed by atoms with van der Waals surface area (Å²) in [5.74, 6) is 0.507. The molecule has 0 spiro atoms. The molecule has 15 heavy (non-hydrogen) atoms. The molecule has 0 fully saturated rings. The van der Waals surface area contributed by atoms with Crippen molar-refractivity contribution >= 4 is 15.9 Å². The van der Waals surface area contributed by atoms with E-state index in [2.05, 4.69) is 15.9 Å². The summed E-state index contributed by atoms with van der Waals surface area (Å²) < 4.78 is 37.5. The fraction of sp³-hybridized carbons (Fsp3) is 0.300. The highest BCUT2D eigenvalue weighted by Gasteiger charge is 2.33. The Morgan fingerprint density at radius 3 is 2.47 bits per heavy atom. The first-order chi connectivity index (χ1) is 6.86. The molecule has 0 saturated heterocycles. The van der Waals surface area contributed by atoms with E-state index in [0.717, 1.165) is 6.07 Å². The van der Waals surface area contributed by atoms with Crippen molar-refractivity contribution in [2.75, 3.05) is 6.61 Å². The molecule has 0 aromatic heterocycles. The van der Waals surface area contributed by atoms with Crippen LogP contribution < -0.4 is 0 Å². The zero-order valence-electron chi connectivity index (χ0n) is 7.90. The number of alkyl halides is 3. The minimum Gasteiger partial charge on any atom is -0.395 e. The maximum absolute atomic E-state index is 12.5. The lowest BCUT2D eigenvalue weighted by atomic mass is 10.00. The maximum atomic E-state index is 12.5. The molecule has 1 aromatic rings. The van der Waals surface area contributed by atoms with Gasteiger partial charge in [-0.05, 0) is 17.7 Å². The van der Waals surface area contributed by atoms with Crippen molar-refractivity contribution in [3.63, 3.8) is 0 Å². The van der Waals surface area contributed by atoms with E-state index in [1.54, 1.807) is 6.92 Å². The van der Waals surface area contributed by atoms with E-state index in [9.17, 15) is 13.2 Å².